The number of carboxylic acid groups (broad SMARTS) is 1. The van der Waals surface area contributed by atoms with E-state index in [1.807, 2.05) is 36.6 Å². The van der Waals surface area contributed by atoms with Crippen LogP contribution in [0.15, 0.2) is 30.3 Å². The Bertz CT molecular complexity index is 839. The molecular formula is C25H41N5O5S. The number of benzene rings is 1. The summed E-state index contributed by atoms with van der Waals surface area (Å²) in [5.41, 5.74) is 12.3. The number of nitrogens with one attached hydrogen (secondary N) is 3. The first-order chi connectivity index (χ1) is 17.1. The molecule has 4 atom stereocenters. The number of nitrogens with two attached hydrogens (primary N) is 2. The van der Waals surface area contributed by atoms with Crippen molar-refractivity contribution >= 4 is 35.5 Å². The first kappa shape index (κ1) is 31.4. The number of aliphatic carboxylic acids is 1. The maximum atomic E-state index is 13.3. The number of amides is 3. The van der Waals surface area contributed by atoms with Gasteiger partial charge in [-0.05, 0) is 49.3 Å². The number of carbonyl (C=O) groups is 4. The third kappa shape index (κ3) is 11.4. The summed E-state index contributed by atoms with van der Waals surface area (Å²) < 4.78 is 0. The van der Waals surface area contributed by atoms with E-state index in [0.29, 0.717) is 31.6 Å². The van der Waals surface area contributed by atoms with E-state index in [2.05, 4.69) is 16.0 Å². The normalized spacial score (nSPS) is 14.4. The number of hydrogen-bond acceptors (Lipinski definition) is 7. The molecule has 0 aliphatic carbocycles. The van der Waals surface area contributed by atoms with E-state index in [0.717, 1.165) is 12.0 Å². The smallest absolute Gasteiger partial charge is 0.326 e. The van der Waals surface area contributed by atoms with E-state index >= 15 is 0 Å². The molecule has 0 radical (unpaired) electrons. The van der Waals surface area contributed by atoms with Crippen molar-refractivity contribution in [2.45, 2.75) is 70.1 Å². The van der Waals surface area contributed by atoms with Crippen molar-refractivity contribution in [3.05, 3.63) is 35.9 Å². The molecule has 0 heterocycles. The van der Waals surface area contributed by atoms with E-state index in [1.54, 1.807) is 13.8 Å². The predicted octanol–water partition coefficient (Wildman–Crippen LogP) is 0.634. The summed E-state index contributed by atoms with van der Waals surface area (Å²) in [7, 11) is 0. The Labute approximate surface area is 217 Å². The Hall–Kier alpha value is -2.63. The number of thioether (sulfide) groups is 1. The van der Waals surface area contributed by atoms with Gasteiger partial charge in [0.2, 0.25) is 17.7 Å². The van der Waals surface area contributed by atoms with E-state index in [4.69, 9.17) is 11.5 Å². The summed E-state index contributed by atoms with van der Waals surface area (Å²) in [4.78, 5) is 50.5. The number of rotatable bonds is 17. The van der Waals surface area contributed by atoms with Crippen LogP contribution in [0.5, 0.6) is 0 Å². The zero-order chi connectivity index (χ0) is 27.1. The number of hydrogen-bond donors (Lipinski definition) is 6. The first-order valence-corrected chi connectivity index (χ1v) is 13.6. The van der Waals surface area contributed by atoms with Gasteiger partial charge in [-0.3, -0.25) is 14.4 Å². The van der Waals surface area contributed by atoms with Gasteiger partial charge in [0.15, 0.2) is 0 Å². The number of carbonyl (C=O) groups excluding carboxylic acids is 3. The lowest BCUT2D eigenvalue weighted by atomic mass is 10.0. The Balaban J connectivity index is 3.04. The van der Waals surface area contributed by atoms with Crippen LogP contribution in [0.3, 0.4) is 0 Å². The Morgan fingerprint density at radius 3 is 2.08 bits per heavy atom. The van der Waals surface area contributed by atoms with Gasteiger partial charge in [-0.15, -0.1) is 0 Å². The molecule has 36 heavy (non-hydrogen) atoms. The van der Waals surface area contributed by atoms with Crippen LogP contribution in [0.25, 0.3) is 0 Å². The van der Waals surface area contributed by atoms with Gasteiger partial charge in [0.25, 0.3) is 0 Å². The number of carboxylic acids is 1. The van der Waals surface area contributed by atoms with Gasteiger partial charge >= 0.3 is 5.97 Å². The second-order valence-electron chi connectivity index (χ2n) is 9.05. The minimum absolute atomic E-state index is 0.203. The molecule has 0 spiro atoms. The van der Waals surface area contributed by atoms with Crippen LogP contribution in [0.1, 0.15) is 45.1 Å². The highest BCUT2D eigenvalue weighted by Crippen LogP contribution is 2.09. The first-order valence-electron chi connectivity index (χ1n) is 12.2. The highest BCUT2D eigenvalue weighted by Gasteiger charge is 2.31. The fourth-order valence-corrected chi connectivity index (χ4v) is 3.99. The maximum absolute atomic E-state index is 13.3. The molecule has 1 rings (SSSR count). The van der Waals surface area contributed by atoms with Gasteiger partial charge in [0.05, 0.1) is 6.04 Å². The van der Waals surface area contributed by atoms with Crippen LogP contribution in [0.2, 0.25) is 0 Å². The van der Waals surface area contributed by atoms with Crippen LogP contribution in [0, 0.1) is 5.92 Å². The number of unbranched alkanes of at least 4 members (excludes halogenated alkanes) is 1. The second-order valence-corrected chi connectivity index (χ2v) is 10.0. The summed E-state index contributed by atoms with van der Waals surface area (Å²) in [5, 5.41) is 17.4. The van der Waals surface area contributed by atoms with Gasteiger partial charge in [-0.1, -0.05) is 50.6 Å². The monoisotopic (exact) mass is 523 g/mol. The Kier molecular flexibility index (Phi) is 14.8. The molecule has 8 N–H and O–H groups in total. The van der Waals surface area contributed by atoms with Crippen LogP contribution < -0.4 is 27.4 Å². The van der Waals surface area contributed by atoms with Crippen LogP contribution in [-0.4, -0.2) is 71.5 Å². The molecule has 0 aliphatic rings. The molecule has 4 unspecified atom stereocenters. The molecule has 0 saturated carbocycles. The highest BCUT2D eigenvalue weighted by atomic mass is 32.2. The fourth-order valence-electron chi connectivity index (χ4n) is 3.52. The molecule has 1 aromatic rings. The molecule has 202 valence electrons. The lowest BCUT2D eigenvalue weighted by Crippen LogP contribution is -2.58. The summed E-state index contributed by atoms with van der Waals surface area (Å²) in [6, 6.07) is 5.38. The van der Waals surface area contributed by atoms with Crippen molar-refractivity contribution in [1.29, 1.82) is 0 Å². The fraction of sp³-hybridized carbons (Fsp3) is 0.600. The minimum atomic E-state index is -1.15. The third-order valence-electron chi connectivity index (χ3n) is 5.70. The van der Waals surface area contributed by atoms with Gasteiger partial charge in [0, 0.05) is 6.42 Å². The standard InChI is InChI=1S/C25H41N5O5S/c1-16(2)21(25(34)35)30-23(32)19(12-14-36-3)28-24(33)20(15-17-9-5-4-6-10-17)29-22(31)18(27)11-7-8-13-26/h4-6,9-10,16,18-21H,7-8,11-15,26-27H2,1-3H3,(H,28,33)(H,29,31)(H,30,32)(H,34,35). The van der Waals surface area contributed by atoms with Crippen molar-refractivity contribution in [3.8, 4) is 0 Å². The molecular weight excluding hydrogens is 482 g/mol. The topological polar surface area (TPSA) is 177 Å². The zero-order valence-electron chi connectivity index (χ0n) is 21.4. The van der Waals surface area contributed by atoms with Crippen molar-refractivity contribution in [2.24, 2.45) is 17.4 Å². The van der Waals surface area contributed by atoms with Crippen molar-refractivity contribution < 1.29 is 24.3 Å². The van der Waals surface area contributed by atoms with E-state index in [9.17, 15) is 24.3 Å². The Morgan fingerprint density at radius 1 is 0.917 bits per heavy atom. The summed E-state index contributed by atoms with van der Waals surface area (Å²) in [6.07, 6.45) is 4.25. The van der Waals surface area contributed by atoms with E-state index in [-0.39, 0.29) is 12.3 Å². The average Bonchev–Trinajstić information content (AvgIpc) is 2.84. The van der Waals surface area contributed by atoms with Crippen LogP contribution in [-0.2, 0) is 25.6 Å². The quantitative estimate of drug-likeness (QED) is 0.161. The van der Waals surface area contributed by atoms with Crippen LogP contribution in [0.4, 0.5) is 0 Å². The predicted molar refractivity (Wildman–Crippen MR) is 142 cm³/mol. The van der Waals surface area contributed by atoms with Crippen LogP contribution >= 0.6 is 11.8 Å². The van der Waals surface area contributed by atoms with Gasteiger partial charge < -0.3 is 32.5 Å². The summed E-state index contributed by atoms with van der Waals surface area (Å²) >= 11 is 1.50. The maximum Gasteiger partial charge on any atom is 0.326 e. The summed E-state index contributed by atoms with van der Waals surface area (Å²) in [6.45, 7) is 3.89. The molecule has 11 heteroatoms. The molecule has 0 aromatic heterocycles. The SMILES string of the molecule is CSCCC(NC(=O)C(Cc1ccccc1)NC(=O)C(N)CCCCN)C(=O)NC(C(=O)O)C(C)C. The summed E-state index contributed by atoms with van der Waals surface area (Å²) in [5.74, 6) is -2.50. The largest absolute Gasteiger partial charge is 0.480 e. The van der Waals surface area contributed by atoms with E-state index < -0.39 is 47.9 Å². The third-order valence-corrected chi connectivity index (χ3v) is 6.34. The average molecular weight is 524 g/mol. The molecule has 3 amide bonds. The highest BCUT2D eigenvalue weighted by molar-refractivity contribution is 7.98. The molecule has 0 saturated heterocycles. The van der Waals surface area contributed by atoms with E-state index in [1.165, 1.54) is 11.8 Å². The van der Waals surface area contributed by atoms with Crippen molar-refractivity contribution in [1.82, 2.24) is 16.0 Å². The minimum Gasteiger partial charge on any atom is -0.480 e. The molecule has 1 aromatic carbocycles. The Morgan fingerprint density at radius 2 is 1.53 bits per heavy atom. The molecule has 0 bridgehead atoms. The lowest BCUT2D eigenvalue weighted by molar-refractivity contribution is -0.143. The zero-order valence-corrected chi connectivity index (χ0v) is 22.2. The lowest BCUT2D eigenvalue weighted by Gasteiger charge is -2.26. The molecule has 0 aliphatic heterocycles. The molecule has 10 nitrogen and oxygen atoms in total. The van der Waals surface area contributed by atoms with Gasteiger partial charge in [-0.25, -0.2) is 4.79 Å². The van der Waals surface area contributed by atoms with Crippen molar-refractivity contribution in [2.75, 3.05) is 18.6 Å². The molecule has 0 fully saturated rings. The van der Waals surface area contributed by atoms with Crippen molar-refractivity contribution in [3.63, 3.8) is 0 Å². The van der Waals surface area contributed by atoms with Gasteiger partial charge in [-0.2, -0.15) is 11.8 Å². The second kappa shape index (κ2) is 16.9. The van der Waals surface area contributed by atoms with Gasteiger partial charge in [0.1, 0.15) is 18.1 Å².